The molecule has 1 aromatic carbocycles. The van der Waals surface area contributed by atoms with E-state index >= 15 is 0 Å². The molecule has 2 nitrogen and oxygen atoms in total. The highest BCUT2D eigenvalue weighted by Crippen LogP contribution is 2.37. The van der Waals surface area contributed by atoms with E-state index in [1.165, 1.54) is 5.56 Å². The summed E-state index contributed by atoms with van der Waals surface area (Å²) in [6.07, 6.45) is 5.06. The van der Waals surface area contributed by atoms with Gasteiger partial charge >= 0.3 is 0 Å². The second-order valence-electron chi connectivity index (χ2n) is 5.65. The van der Waals surface area contributed by atoms with E-state index in [1.54, 1.807) is 0 Å². The molecule has 1 aromatic rings. The third-order valence-electron chi connectivity index (χ3n) is 4.19. The first-order valence-corrected chi connectivity index (χ1v) is 7.62. The van der Waals surface area contributed by atoms with Crippen molar-refractivity contribution in [1.82, 2.24) is 0 Å². The zero-order chi connectivity index (χ0) is 13.5. The SMILES string of the molecule is CCCOCCC1CC(c2ccccc2)CCC1O. The van der Waals surface area contributed by atoms with Crippen LogP contribution >= 0.6 is 0 Å². The molecule has 0 aromatic heterocycles. The van der Waals surface area contributed by atoms with Gasteiger partial charge in [-0.2, -0.15) is 0 Å². The number of hydrogen-bond acceptors (Lipinski definition) is 2. The molecule has 0 aliphatic heterocycles. The van der Waals surface area contributed by atoms with Gasteiger partial charge in [-0.15, -0.1) is 0 Å². The van der Waals surface area contributed by atoms with Gasteiger partial charge in [0, 0.05) is 13.2 Å². The molecule has 0 bridgehead atoms. The Labute approximate surface area is 116 Å². The van der Waals surface area contributed by atoms with Crippen molar-refractivity contribution in [3.63, 3.8) is 0 Å². The van der Waals surface area contributed by atoms with Crippen LogP contribution in [-0.2, 0) is 4.74 Å². The van der Waals surface area contributed by atoms with Gasteiger partial charge in [-0.1, -0.05) is 37.3 Å². The van der Waals surface area contributed by atoms with E-state index in [0.29, 0.717) is 11.8 Å². The van der Waals surface area contributed by atoms with Gasteiger partial charge in [0.25, 0.3) is 0 Å². The van der Waals surface area contributed by atoms with E-state index in [-0.39, 0.29) is 6.10 Å². The van der Waals surface area contributed by atoms with E-state index in [2.05, 4.69) is 37.3 Å². The zero-order valence-electron chi connectivity index (χ0n) is 11.9. The summed E-state index contributed by atoms with van der Waals surface area (Å²) in [7, 11) is 0. The minimum absolute atomic E-state index is 0.134. The summed E-state index contributed by atoms with van der Waals surface area (Å²) in [5, 5.41) is 10.1. The maximum absolute atomic E-state index is 10.1. The highest BCUT2D eigenvalue weighted by molar-refractivity contribution is 5.20. The first-order valence-electron chi connectivity index (χ1n) is 7.62. The normalized spacial score (nSPS) is 27.4. The predicted octanol–water partition coefficient (Wildman–Crippen LogP) is 3.75. The van der Waals surface area contributed by atoms with Gasteiger partial charge in [-0.3, -0.25) is 0 Å². The van der Waals surface area contributed by atoms with E-state index < -0.39 is 0 Å². The third-order valence-corrected chi connectivity index (χ3v) is 4.19. The summed E-state index contributed by atoms with van der Waals surface area (Å²) in [5.74, 6) is 1.01. The molecule has 1 aliphatic rings. The topological polar surface area (TPSA) is 29.5 Å². The Kier molecular flexibility index (Phi) is 5.87. The molecule has 106 valence electrons. The lowest BCUT2D eigenvalue weighted by Gasteiger charge is -2.33. The van der Waals surface area contributed by atoms with Crippen LogP contribution in [0, 0.1) is 5.92 Å². The van der Waals surface area contributed by atoms with E-state index in [0.717, 1.165) is 45.3 Å². The van der Waals surface area contributed by atoms with Gasteiger partial charge in [0.1, 0.15) is 0 Å². The van der Waals surface area contributed by atoms with Crippen molar-refractivity contribution in [3.8, 4) is 0 Å². The van der Waals surface area contributed by atoms with Crippen LogP contribution in [0.1, 0.15) is 50.5 Å². The number of aliphatic hydroxyl groups is 1. The molecule has 1 fully saturated rings. The van der Waals surface area contributed by atoms with Crippen molar-refractivity contribution in [2.45, 2.75) is 51.0 Å². The van der Waals surface area contributed by atoms with Crippen LogP contribution in [0.5, 0.6) is 0 Å². The van der Waals surface area contributed by atoms with Gasteiger partial charge in [0.15, 0.2) is 0 Å². The van der Waals surface area contributed by atoms with Gasteiger partial charge < -0.3 is 9.84 Å². The molecule has 1 saturated carbocycles. The highest BCUT2D eigenvalue weighted by Gasteiger charge is 2.29. The number of ether oxygens (including phenoxy) is 1. The third kappa shape index (κ3) is 4.32. The van der Waals surface area contributed by atoms with Crippen molar-refractivity contribution in [2.75, 3.05) is 13.2 Å². The summed E-state index contributed by atoms with van der Waals surface area (Å²) in [6, 6.07) is 10.7. The van der Waals surface area contributed by atoms with E-state index in [1.807, 2.05) is 0 Å². The summed E-state index contributed by atoms with van der Waals surface area (Å²) in [6.45, 7) is 3.75. The minimum Gasteiger partial charge on any atom is -0.393 e. The quantitative estimate of drug-likeness (QED) is 0.791. The fourth-order valence-electron chi connectivity index (χ4n) is 3.07. The minimum atomic E-state index is -0.134. The number of aliphatic hydroxyl groups excluding tert-OH is 1. The zero-order valence-corrected chi connectivity index (χ0v) is 11.9. The molecule has 0 spiro atoms. The molecule has 3 atom stereocenters. The van der Waals surface area contributed by atoms with Crippen LogP contribution in [-0.4, -0.2) is 24.4 Å². The average Bonchev–Trinajstić information content (AvgIpc) is 2.46. The van der Waals surface area contributed by atoms with Crippen LogP contribution in [0.3, 0.4) is 0 Å². The molecular weight excluding hydrogens is 236 g/mol. The Balaban J connectivity index is 1.85. The number of rotatable bonds is 6. The molecule has 1 N–H and O–H groups in total. The molecule has 2 heteroatoms. The van der Waals surface area contributed by atoms with Crippen LogP contribution in [0.2, 0.25) is 0 Å². The molecule has 0 radical (unpaired) electrons. The largest absolute Gasteiger partial charge is 0.393 e. The lowest BCUT2D eigenvalue weighted by Crippen LogP contribution is -2.29. The summed E-state index contributed by atoms with van der Waals surface area (Å²) in [4.78, 5) is 0. The maximum atomic E-state index is 10.1. The number of hydrogen-bond donors (Lipinski definition) is 1. The van der Waals surface area contributed by atoms with E-state index in [4.69, 9.17) is 4.74 Å². The molecule has 3 unspecified atom stereocenters. The van der Waals surface area contributed by atoms with Crippen molar-refractivity contribution in [2.24, 2.45) is 5.92 Å². The standard InChI is InChI=1S/C17H26O2/c1-2-11-19-12-10-16-13-15(8-9-17(16)18)14-6-4-3-5-7-14/h3-7,15-18H,2,8-13H2,1H3. The highest BCUT2D eigenvalue weighted by atomic mass is 16.5. The van der Waals surface area contributed by atoms with Crippen LogP contribution in [0.15, 0.2) is 30.3 Å². The van der Waals surface area contributed by atoms with Gasteiger partial charge in [-0.25, -0.2) is 0 Å². The van der Waals surface area contributed by atoms with Crippen molar-refractivity contribution < 1.29 is 9.84 Å². The molecule has 2 rings (SSSR count). The lowest BCUT2D eigenvalue weighted by atomic mass is 9.75. The average molecular weight is 262 g/mol. The lowest BCUT2D eigenvalue weighted by molar-refractivity contribution is 0.0338. The Morgan fingerprint density at radius 3 is 2.68 bits per heavy atom. The Hall–Kier alpha value is -0.860. The van der Waals surface area contributed by atoms with Gasteiger partial charge in [-0.05, 0) is 49.5 Å². The molecule has 0 heterocycles. The first-order chi connectivity index (χ1) is 9.31. The molecule has 0 saturated heterocycles. The first kappa shape index (κ1) is 14.5. The number of benzene rings is 1. The second-order valence-corrected chi connectivity index (χ2v) is 5.65. The Bertz CT molecular complexity index is 350. The second kappa shape index (κ2) is 7.66. The van der Waals surface area contributed by atoms with Gasteiger partial charge in [0.05, 0.1) is 6.10 Å². The van der Waals surface area contributed by atoms with Crippen molar-refractivity contribution >= 4 is 0 Å². The van der Waals surface area contributed by atoms with Crippen molar-refractivity contribution in [1.29, 1.82) is 0 Å². The Morgan fingerprint density at radius 2 is 1.95 bits per heavy atom. The van der Waals surface area contributed by atoms with Gasteiger partial charge in [0.2, 0.25) is 0 Å². The van der Waals surface area contributed by atoms with Crippen LogP contribution < -0.4 is 0 Å². The molecular formula is C17H26O2. The fraction of sp³-hybridized carbons (Fsp3) is 0.647. The summed E-state index contributed by atoms with van der Waals surface area (Å²) in [5.41, 5.74) is 1.42. The van der Waals surface area contributed by atoms with Crippen LogP contribution in [0.25, 0.3) is 0 Å². The van der Waals surface area contributed by atoms with Crippen molar-refractivity contribution in [3.05, 3.63) is 35.9 Å². The maximum Gasteiger partial charge on any atom is 0.0569 e. The monoisotopic (exact) mass is 262 g/mol. The summed E-state index contributed by atoms with van der Waals surface area (Å²) >= 11 is 0. The Morgan fingerprint density at radius 1 is 1.16 bits per heavy atom. The molecule has 0 amide bonds. The van der Waals surface area contributed by atoms with Crippen LogP contribution in [0.4, 0.5) is 0 Å². The molecule has 19 heavy (non-hydrogen) atoms. The predicted molar refractivity (Wildman–Crippen MR) is 78.3 cm³/mol. The fourth-order valence-corrected chi connectivity index (χ4v) is 3.07. The summed E-state index contributed by atoms with van der Waals surface area (Å²) < 4.78 is 5.56. The molecule has 1 aliphatic carbocycles. The van der Waals surface area contributed by atoms with E-state index in [9.17, 15) is 5.11 Å². The smallest absolute Gasteiger partial charge is 0.0569 e.